The van der Waals surface area contributed by atoms with Gasteiger partial charge in [-0.1, -0.05) is 34.1 Å². The summed E-state index contributed by atoms with van der Waals surface area (Å²) >= 11 is 0. The van der Waals surface area contributed by atoms with Gasteiger partial charge in [-0.15, -0.1) is 0 Å². The van der Waals surface area contributed by atoms with Gasteiger partial charge in [0.2, 0.25) is 5.91 Å². The highest BCUT2D eigenvalue weighted by molar-refractivity contribution is 5.87. The number of carbonyl (C=O) groups is 1. The van der Waals surface area contributed by atoms with Crippen LogP contribution in [0.2, 0.25) is 0 Å². The molecule has 2 saturated carbocycles. The van der Waals surface area contributed by atoms with Gasteiger partial charge in [0, 0.05) is 6.04 Å². The van der Waals surface area contributed by atoms with E-state index in [0.29, 0.717) is 11.5 Å². The molecule has 21 heavy (non-hydrogen) atoms. The Morgan fingerprint density at radius 2 is 2.05 bits per heavy atom. The number of hydrogen-bond donors (Lipinski definition) is 2. The van der Waals surface area contributed by atoms with Gasteiger partial charge in [-0.3, -0.25) is 4.79 Å². The zero-order valence-corrected chi connectivity index (χ0v) is 14.2. The van der Waals surface area contributed by atoms with Crippen LogP contribution in [-0.4, -0.2) is 24.0 Å². The van der Waals surface area contributed by atoms with Gasteiger partial charge < -0.3 is 10.6 Å². The van der Waals surface area contributed by atoms with E-state index in [0.717, 1.165) is 38.1 Å². The first-order valence-electron chi connectivity index (χ1n) is 8.92. The minimum atomic E-state index is -0.281. The van der Waals surface area contributed by atoms with E-state index in [9.17, 15) is 4.79 Å². The van der Waals surface area contributed by atoms with E-state index >= 15 is 0 Å². The lowest BCUT2D eigenvalue weighted by molar-refractivity contribution is -0.129. The molecule has 4 unspecified atom stereocenters. The average molecular weight is 292 g/mol. The molecule has 3 nitrogen and oxygen atoms in total. The van der Waals surface area contributed by atoms with Crippen molar-refractivity contribution >= 4 is 5.91 Å². The van der Waals surface area contributed by atoms with E-state index in [4.69, 9.17) is 0 Å². The number of nitrogens with one attached hydrogen (secondary N) is 2. The molecule has 3 fully saturated rings. The van der Waals surface area contributed by atoms with Gasteiger partial charge >= 0.3 is 0 Å². The van der Waals surface area contributed by atoms with Crippen molar-refractivity contribution < 1.29 is 4.79 Å². The molecule has 2 N–H and O–H groups in total. The Kier molecular flexibility index (Phi) is 3.63. The summed E-state index contributed by atoms with van der Waals surface area (Å²) in [5.74, 6) is 1.06. The molecule has 4 atom stereocenters. The third-order valence-electron chi connectivity index (χ3n) is 7.45. The number of rotatable bonds is 4. The van der Waals surface area contributed by atoms with E-state index in [2.05, 4.69) is 38.3 Å². The Labute approximate surface area is 129 Å². The van der Waals surface area contributed by atoms with Gasteiger partial charge in [0.1, 0.15) is 0 Å². The summed E-state index contributed by atoms with van der Waals surface area (Å²) in [5.41, 5.74) is 0.363. The lowest BCUT2D eigenvalue weighted by Gasteiger charge is -2.41. The summed E-state index contributed by atoms with van der Waals surface area (Å²) in [7, 11) is 0. The van der Waals surface area contributed by atoms with Crippen LogP contribution in [0.15, 0.2) is 0 Å². The van der Waals surface area contributed by atoms with Crippen LogP contribution in [-0.2, 0) is 4.79 Å². The quantitative estimate of drug-likeness (QED) is 0.835. The zero-order valence-electron chi connectivity index (χ0n) is 14.2. The summed E-state index contributed by atoms with van der Waals surface area (Å²) in [4.78, 5) is 13.0. The number of carbonyl (C=O) groups excluding carboxylic acids is 1. The normalized spacial score (nSPS) is 44.2. The molecule has 0 spiro atoms. The minimum Gasteiger partial charge on any atom is -0.351 e. The van der Waals surface area contributed by atoms with Crippen molar-refractivity contribution in [3.05, 3.63) is 0 Å². The molecule has 2 bridgehead atoms. The lowest BCUT2D eigenvalue weighted by Crippen LogP contribution is -2.58. The molecule has 120 valence electrons. The monoisotopic (exact) mass is 292 g/mol. The second-order valence-corrected chi connectivity index (χ2v) is 8.50. The molecular weight excluding hydrogens is 260 g/mol. The molecule has 1 heterocycles. The SMILES string of the molecule is CCCC1(C(=O)NC2CC3CCC2(C)C3(C)C)CCCN1. The smallest absolute Gasteiger partial charge is 0.240 e. The van der Waals surface area contributed by atoms with Crippen molar-refractivity contribution in [2.24, 2.45) is 16.7 Å². The predicted molar refractivity (Wildman–Crippen MR) is 86.0 cm³/mol. The van der Waals surface area contributed by atoms with Gasteiger partial charge in [0.15, 0.2) is 0 Å². The highest BCUT2D eigenvalue weighted by Crippen LogP contribution is 2.65. The predicted octanol–water partition coefficient (Wildman–Crippen LogP) is 3.24. The zero-order chi connectivity index (χ0) is 15.3. The Morgan fingerprint density at radius 1 is 1.29 bits per heavy atom. The molecule has 3 rings (SSSR count). The van der Waals surface area contributed by atoms with Crippen molar-refractivity contribution in [2.75, 3.05) is 6.54 Å². The van der Waals surface area contributed by atoms with Gasteiger partial charge in [0.05, 0.1) is 5.54 Å². The third-order valence-corrected chi connectivity index (χ3v) is 7.45. The Hall–Kier alpha value is -0.570. The maximum Gasteiger partial charge on any atom is 0.240 e. The molecule has 0 radical (unpaired) electrons. The molecular formula is C18H32N2O. The molecule has 3 heteroatoms. The fourth-order valence-electron chi connectivity index (χ4n) is 5.47. The topological polar surface area (TPSA) is 41.1 Å². The maximum atomic E-state index is 13.0. The molecule has 0 aromatic rings. The second-order valence-electron chi connectivity index (χ2n) is 8.50. The van der Waals surface area contributed by atoms with Crippen molar-refractivity contribution in [1.29, 1.82) is 0 Å². The van der Waals surface area contributed by atoms with E-state index in [1.165, 1.54) is 19.3 Å². The van der Waals surface area contributed by atoms with Crippen LogP contribution < -0.4 is 10.6 Å². The maximum absolute atomic E-state index is 13.0. The van der Waals surface area contributed by atoms with Gasteiger partial charge in [-0.2, -0.15) is 0 Å². The van der Waals surface area contributed by atoms with Crippen molar-refractivity contribution in [3.8, 4) is 0 Å². The van der Waals surface area contributed by atoms with Crippen LogP contribution in [0, 0.1) is 16.7 Å². The molecule has 2 aliphatic carbocycles. The van der Waals surface area contributed by atoms with E-state index in [1.54, 1.807) is 0 Å². The Balaban J connectivity index is 1.74. The summed E-state index contributed by atoms with van der Waals surface area (Å²) in [6.45, 7) is 10.4. The minimum absolute atomic E-state index is 0.274. The summed E-state index contributed by atoms with van der Waals surface area (Å²) in [5, 5.41) is 6.98. The van der Waals surface area contributed by atoms with Crippen LogP contribution in [0.5, 0.6) is 0 Å². The van der Waals surface area contributed by atoms with E-state index < -0.39 is 0 Å². The molecule has 1 amide bonds. The largest absolute Gasteiger partial charge is 0.351 e. The molecule has 0 aromatic carbocycles. The molecule has 1 aliphatic heterocycles. The highest BCUT2D eigenvalue weighted by Gasteiger charge is 2.62. The summed E-state index contributed by atoms with van der Waals surface area (Å²) < 4.78 is 0. The fourth-order valence-corrected chi connectivity index (χ4v) is 5.47. The summed E-state index contributed by atoms with van der Waals surface area (Å²) in [6, 6.07) is 0.370. The van der Waals surface area contributed by atoms with Crippen LogP contribution >= 0.6 is 0 Å². The summed E-state index contributed by atoms with van der Waals surface area (Å²) in [6.07, 6.45) is 7.95. The lowest BCUT2D eigenvalue weighted by atomic mass is 9.69. The van der Waals surface area contributed by atoms with Crippen molar-refractivity contribution in [3.63, 3.8) is 0 Å². The first-order valence-corrected chi connectivity index (χ1v) is 8.92. The molecule has 0 aromatic heterocycles. The van der Waals surface area contributed by atoms with Crippen LogP contribution in [0.3, 0.4) is 0 Å². The van der Waals surface area contributed by atoms with Crippen molar-refractivity contribution in [1.82, 2.24) is 10.6 Å². The fraction of sp³-hybridized carbons (Fsp3) is 0.944. The van der Waals surface area contributed by atoms with Gasteiger partial charge in [-0.25, -0.2) is 0 Å². The van der Waals surface area contributed by atoms with Crippen LogP contribution in [0.4, 0.5) is 0 Å². The molecule has 1 saturated heterocycles. The van der Waals surface area contributed by atoms with Crippen molar-refractivity contribution in [2.45, 2.75) is 84.2 Å². The molecule has 3 aliphatic rings. The second kappa shape index (κ2) is 4.97. The van der Waals surface area contributed by atoms with Crippen LogP contribution in [0.25, 0.3) is 0 Å². The average Bonchev–Trinajstić information content (AvgIpc) is 3.03. The van der Waals surface area contributed by atoms with Gasteiger partial charge in [-0.05, 0) is 61.8 Å². The number of hydrogen-bond acceptors (Lipinski definition) is 2. The highest BCUT2D eigenvalue weighted by atomic mass is 16.2. The first kappa shape index (κ1) is 15.3. The first-order chi connectivity index (χ1) is 9.86. The Morgan fingerprint density at radius 3 is 2.52 bits per heavy atom. The number of fused-ring (bicyclic) bond motifs is 2. The van der Waals surface area contributed by atoms with E-state index in [-0.39, 0.29) is 16.9 Å². The van der Waals surface area contributed by atoms with Crippen LogP contribution in [0.1, 0.15) is 72.6 Å². The Bertz CT molecular complexity index is 425. The van der Waals surface area contributed by atoms with Gasteiger partial charge in [0.25, 0.3) is 0 Å². The standard InChI is InChI=1S/C18H32N2O/c1-5-8-18(9-6-11-19-18)15(21)20-14-12-13-7-10-17(14,4)16(13,2)3/h13-14,19H,5-12H2,1-4H3,(H,20,21). The van der Waals surface area contributed by atoms with E-state index in [1.807, 2.05) is 0 Å². The number of amides is 1. The third kappa shape index (κ3) is 2.07.